The lowest BCUT2D eigenvalue weighted by molar-refractivity contribution is -0.158. The smallest absolute Gasteiger partial charge is 0.246 e. The number of carbonyl (C=O) groups excluding carboxylic acids is 2. The van der Waals surface area contributed by atoms with Gasteiger partial charge in [-0.05, 0) is 37.0 Å². The molecule has 2 fully saturated rings. The summed E-state index contributed by atoms with van der Waals surface area (Å²) in [7, 11) is 0. The monoisotopic (exact) mass is 273 g/mol. The number of rotatable bonds is 2. The highest BCUT2D eigenvalue weighted by Gasteiger charge is 2.40. The Labute approximate surface area is 118 Å². The summed E-state index contributed by atoms with van der Waals surface area (Å²) in [5.41, 5.74) is 7.40. The van der Waals surface area contributed by atoms with E-state index in [9.17, 15) is 9.59 Å². The molecule has 5 heteroatoms. The molecule has 0 aliphatic carbocycles. The minimum atomic E-state index is -0.244. The third-order valence-electron chi connectivity index (χ3n) is 4.07. The van der Waals surface area contributed by atoms with Crippen molar-refractivity contribution < 1.29 is 9.59 Å². The molecule has 0 spiro atoms. The SMILES string of the molecule is Nc1cccc(CN2CC(=O)N3CCCCC3C2=O)c1. The topological polar surface area (TPSA) is 66.6 Å². The number of anilines is 1. The third-order valence-corrected chi connectivity index (χ3v) is 4.07. The molecule has 0 aromatic heterocycles. The number of piperidine rings is 1. The molecule has 5 nitrogen and oxygen atoms in total. The van der Waals surface area contributed by atoms with Gasteiger partial charge < -0.3 is 15.5 Å². The number of piperazine rings is 1. The van der Waals surface area contributed by atoms with Gasteiger partial charge in [-0.1, -0.05) is 12.1 Å². The van der Waals surface area contributed by atoms with Crippen molar-refractivity contribution in [3.05, 3.63) is 29.8 Å². The quantitative estimate of drug-likeness (QED) is 0.817. The maximum absolute atomic E-state index is 12.5. The van der Waals surface area contributed by atoms with E-state index in [1.807, 2.05) is 24.3 Å². The van der Waals surface area contributed by atoms with E-state index in [1.54, 1.807) is 9.80 Å². The van der Waals surface area contributed by atoms with Crippen LogP contribution in [-0.2, 0) is 16.1 Å². The highest BCUT2D eigenvalue weighted by atomic mass is 16.2. The Kier molecular flexibility index (Phi) is 3.34. The maximum atomic E-state index is 12.5. The predicted octanol–water partition coefficient (Wildman–Crippen LogP) is 0.992. The Balaban J connectivity index is 1.77. The second-order valence-corrected chi connectivity index (χ2v) is 5.54. The number of hydrogen-bond acceptors (Lipinski definition) is 3. The molecule has 0 saturated carbocycles. The van der Waals surface area contributed by atoms with E-state index in [2.05, 4.69) is 0 Å². The Morgan fingerprint density at radius 2 is 2.10 bits per heavy atom. The van der Waals surface area contributed by atoms with Crippen LogP contribution in [-0.4, -0.2) is 40.7 Å². The molecular formula is C15H19N3O2. The van der Waals surface area contributed by atoms with Gasteiger partial charge in [-0.15, -0.1) is 0 Å². The zero-order chi connectivity index (χ0) is 14.1. The first-order valence-corrected chi connectivity index (χ1v) is 7.08. The fourth-order valence-corrected chi connectivity index (χ4v) is 3.08. The molecule has 106 valence electrons. The molecule has 2 saturated heterocycles. The van der Waals surface area contributed by atoms with Crippen LogP contribution in [0.5, 0.6) is 0 Å². The van der Waals surface area contributed by atoms with Crippen LogP contribution >= 0.6 is 0 Å². The summed E-state index contributed by atoms with van der Waals surface area (Å²) in [6, 6.07) is 7.22. The van der Waals surface area contributed by atoms with Crippen LogP contribution in [0.2, 0.25) is 0 Å². The fourth-order valence-electron chi connectivity index (χ4n) is 3.08. The van der Waals surface area contributed by atoms with Crippen molar-refractivity contribution in [2.45, 2.75) is 31.8 Å². The van der Waals surface area contributed by atoms with Crippen LogP contribution in [0.4, 0.5) is 5.69 Å². The average molecular weight is 273 g/mol. The number of fused-ring (bicyclic) bond motifs is 1. The van der Waals surface area contributed by atoms with Crippen molar-refractivity contribution >= 4 is 17.5 Å². The van der Waals surface area contributed by atoms with E-state index >= 15 is 0 Å². The van der Waals surface area contributed by atoms with Gasteiger partial charge in [0.15, 0.2) is 0 Å². The molecule has 1 unspecified atom stereocenters. The minimum Gasteiger partial charge on any atom is -0.399 e. The molecule has 2 amide bonds. The maximum Gasteiger partial charge on any atom is 0.246 e. The van der Waals surface area contributed by atoms with Gasteiger partial charge >= 0.3 is 0 Å². The van der Waals surface area contributed by atoms with Gasteiger partial charge in [0.2, 0.25) is 11.8 Å². The number of nitrogen functional groups attached to an aromatic ring is 1. The largest absolute Gasteiger partial charge is 0.399 e. The zero-order valence-corrected chi connectivity index (χ0v) is 11.4. The van der Waals surface area contributed by atoms with E-state index in [4.69, 9.17) is 5.73 Å². The van der Waals surface area contributed by atoms with Crippen LogP contribution in [0.15, 0.2) is 24.3 Å². The molecule has 2 heterocycles. The van der Waals surface area contributed by atoms with Crippen molar-refractivity contribution in [1.82, 2.24) is 9.80 Å². The molecule has 2 aliphatic rings. The molecule has 0 radical (unpaired) electrons. The summed E-state index contributed by atoms with van der Waals surface area (Å²) in [5, 5.41) is 0. The normalized spacial score (nSPS) is 22.9. The summed E-state index contributed by atoms with van der Waals surface area (Å²) in [4.78, 5) is 28.1. The highest BCUT2D eigenvalue weighted by Crippen LogP contribution is 2.24. The standard InChI is InChI=1S/C15H19N3O2/c16-12-5-3-4-11(8-12)9-17-10-14(19)18-7-2-1-6-13(18)15(17)20/h3-5,8,13H,1-2,6-7,9-10,16H2. The van der Waals surface area contributed by atoms with Crippen LogP contribution in [0.25, 0.3) is 0 Å². The molecule has 2 N–H and O–H groups in total. The number of benzene rings is 1. The van der Waals surface area contributed by atoms with E-state index in [0.717, 1.165) is 31.4 Å². The lowest BCUT2D eigenvalue weighted by Crippen LogP contribution is -2.60. The number of amides is 2. The summed E-state index contributed by atoms with van der Waals surface area (Å²) in [6.07, 6.45) is 2.81. The van der Waals surface area contributed by atoms with Crippen LogP contribution < -0.4 is 5.73 Å². The van der Waals surface area contributed by atoms with Crippen LogP contribution in [0.1, 0.15) is 24.8 Å². The first kappa shape index (κ1) is 13.0. The summed E-state index contributed by atoms with van der Waals surface area (Å²) >= 11 is 0. The molecule has 2 aliphatic heterocycles. The summed E-state index contributed by atoms with van der Waals surface area (Å²) in [5.74, 6) is 0.143. The minimum absolute atomic E-state index is 0.0678. The Morgan fingerprint density at radius 3 is 2.90 bits per heavy atom. The number of hydrogen-bond donors (Lipinski definition) is 1. The molecule has 3 rings (SSSR count). The molecule has 20 heavy (non-hydrogen) atoms. The fraction of sp³-hybridized carbons (Fsp3) is 0.467. The van der Waals surface area contributed by atoms with Crippen molar-refractivity contribution in [3.63, 3.8) is 0 Å². The molecule has 0 bridgehead atoms. The number of nitrogens with two attached hydrogens (primary N) is 1. The lowest BCUT2D eigenvalue weighted by Gasteiger charge is -2.42. The van der Waals surface area contributed by atoms with E-state index in [-0.39, 0.29) is 24.4 Å². The second kappa shape index (κ2) is 5.15. The second-order valence-electron chi connectivity index (χ2n) is 5.54. The Bertz CT molecular complexity index is 544. The molecule has 1 aromatic rings. The van der Waals surface area contributed by atoms with E-state index in [1.165, 1.54) is 0 Å². The van der Waals surface area contributed by atoms with Crippen molar-refractivity contribution in [3.8, 4) is 0 Å². The zero-order valence-electron chi connectivity index (χ0n) is 11.4. The van der Waals surface area contributed by atoms with Gasteiger partial charge in [-0.3, -0.25) is 9.59 Å². The first-order valence-electron chi connectivity index (χ1n) is 7.08. The van der Waals surface area contributed by atoms with E-state index < -0.39 is 0 Å². The van der Waals surface area contributed by atoms with Gasteiger partial charge in [0.1, 0.15) is 12.6 Å². The van der Waals surface area contributed by atoms with Crippen molar-refractivity contribution in [1.29, 1.82) is 0 Å². The lowest BCUT2D eigenvalue weighted by atomic mass is 9.98. The van der Waals surface area contributed by atoms with Gasteiger partial charge in [0.05, 0.1) is 0 Å². The first-order chi connectivity index (χ1) is 9.65. The summed E-state index contributed by atoms with van der Waals surface area (Å²) in [6.45, 7) is 1.37. The third kappa shape index (κ3) is 2.35. The molecular weight excluding hydrogens is 254 g/mol. The summed E-state index contributed by atoms with van der Waals surface area (Å²) < 4.78 is 0. The van der Waals surface area contributed by atoms with Crippen molar-refractivity contribution in [2.75, 3.05) is 18.8 Å². The highest BCUT2D eigenvalue weighted by molar-refractivity contribution is 5.95. The Morgan fingerprint density at radius 1 is 1.25 bits per heavy atom. The van der Waals surface area contributed by atoms with Crippen LogP contribution in [0.3, 0.4) is 0 Å². The van der Waals surface area contributed by atoms with Crippen LogP contribution in [0, 0.1) is 0 Å². The van der Waals surface area contributed by atoms with Gasteiger partial charge in [-0.2, -0.15) is 0 Å². The number of nitrogens with zero attached hydrogens (tertiary/aromatic N) is 2. The number of carbonyl (C=O) groups is 2. The predicted molar refractivity (Wildman–Crippen MR) is 75.6 cm³/mol. The van der Waals surface area contributed by atoms with Gasteiger partial charge in [0, 0.05) is 18.8 Å². The molecule has 1 atom stereocenters. The Hall–Kier alpha value is -2.04. The molecule has 1 aromatic carbocycles. The van der Waals surface area contributed by atoms with Gasteiger partial charge in [0.25, 0.3) is 0 Å². The van der Waals surface area contributed by atoms with Crippen molar-refractivity contribution in [2.24, 2.45) is 0 Å². The van der Waals surface area contributed by atoms with E-state index in [0.29, 0.717) is 12.2 Å². The van der Waals surface area contributed by atoms with Gasteiger partial charge in [-0.25, -0.2) is 0 Å². The average Bonchev–Trinajstić information content (AvgIpc) is 2.45.